The van der Waals surface area contributed by atoms with Crippen molar-refractivity contribution < 1.29 is 9.53 Å². The van der Waals surface area contributed by atoms with E-state index in [1.807, 2.05) is 37.3 Å². The van der Waals surface area contributed by atoms with Crippen molar-refractivity contribution in [2.24, 2.45) is 0 Å². The van der Waals surface area contributed by atoms with Crippen LogP contribution in [0.25, 0.3) is 11.0 Å². The third-order valence-corrected chi connectivity index (χ3v) is 6.82. The molecule has 0 spiro atoms. The fourth-order valence-corrected chi connectivity index (χ4v) is 4.68. The molecular formula is C30H33N7O3. The third-order valence-electron chi connectivity index (χ3n) is 6.82. The quantitative estimate of drug-likeness (QED) is 0.309. The molecule has 0 bridgehead atoms. The number of aromatic nitrogens is 3. The molecule has 3 heterocycles. The Kier molecular flexibility index (Phi) is 8.07. The molecule has 1 amide bonds. The molecule has 10 nitrogen and oxygen atoms in total. The van der Waals surface area contributed by atoms with Crippen molar-refractivity contribution in [2.75, 3.05) is 55.4 Å². The molecule has 2 aromatic carbocycles. The van der Waals surface area contributed by atoms with E-state index in [0.717, 1.165) is 48.5 Å². The number of rotatable bonds is 9. The molecule has 206 valence electrons. The number of nitrogens with one attached hydrogen (secondary N) is 2. The molecule has 0 unspecified atom stereocenters. The summed E-state index contributed by atoms with van der Waals surface area (Å²) in [6.45, 7) is 10.2. The number of benzene rings is 2. The van der Waals surface area contributed by atoms with Gasteiger partial charge in [0.1, 0.15) is 11.4 Å². The van der Waals surface area contributed by atoms with Crippen LogP contribution in [0.2, 0.25) is 0 Å². The Morgan fingerprint density at radius 1 is 1.10 bits per heavy atom. The highest BCUT2D eigenvalue weighted by molar-refractivity contribution is 5.98. The second-order valence-electron chi connectivity index (χ2n) is 9.65. The Morgan fingerprint density at radius 3 is 2.70 bits per heavy atom. The number of piperazine rings is 1. The number of hydrogen-bond acceptors (Lipinski definition) is 8. The monoisotopic (exact) mass is 539 g/mol. The van der Waals surface area contributed by atoms with Crippen molar-refractivity contribution in [3.05, 3.63) is 89.4 Å². The normalized spacial score (nSPS) is 13.7. The molecule has 5 rings (SSSR count). The zero-order valence-corrected chi connectivity index (χ0v) is 22.8. The minimum atomic E-state index is -0.300. The Morgan fingerprint density at radius 2 is 1.93 bits per heavy atom. The van der Waals surface area contributed by atoms with Crippen LogP contribution in [0.5, 0.6) is 5.75 Å². The van der Waals surface area contributed by atoms with Crippen LogP contribution in [0.1, 0.15) is 12.5 Å². The van der Waals surface area contributed by atoms with E-state index in [9.17, 15) is 9.59 Å². The van der Waals surface area contributed by atoms with E-state index in [0.29, 0.717) is 29.6 Å². The van der Waals surface area contributed by atoms with Crippen LogP contribution in [0, 0.1) is 0 Å². The first kappa shape index (κ1) is 26.9. The summed E-state index contributed by atoms with van der Waals surface area (Å²) in [6, 6.07) is 16.7. The molecule has 0 radical (unpaired) electrons. The molecule has 1 saturated heterocycles. The van der Waals surface area contributed by atoms with Gasteiger partial charge in [-0.3, -0.25) is 14.2 Å². The minimum Gasteiger partial charge on any atom is -0.492 e. The summed E-state index contributed by atoms with van der Waals surface area (Å²) in [7, 11) is 2.14. The van der Waals surface area contributed by atoms with Gasteiger partial charge in [0.2, 0.25) is 11.9 Å². The van der Waals surface area contributed by atoms with E-state index in [1.165, 1.54) is 12.1 Å². The van der Waals surface area contributed by atoms with Gasteiger partial charge in [-0.2, -0.15) is 4.98 Å². The van der Waals surface area contributed by atoms with Crippen molar-refractivity contribution in [3.8, 4) is 5.75 Å². The number of ether oxygens (including phenoxy) is 1. The van der Waals surface area contributed by atoms with Crippen molar-refractivity contribution in [1.29, 1.82) is 0 Å². The molecule has 0 atom stereocenters. The highest BCUT2D eigenvalue weighted by Crippen LogP contribution is 2.32. The lowest BCUT2D eigenvalue weighted by Crippen LogP contribution is -2.44. The van der Waals surface area contributed by atoms with Crippen LogP contribution in [0.15, 0.2) is 78.2 Å². The van der Waals surface area contributed by atoms with Crippen LogP contribution in [-0.2, 0) is 11.3 Å². The van der Waals surface area contributed by atoms with Gasteiger partial charge in [-0.25, -0.2) is 4.98 Å². The average molecular weight is 540 g/mol. The van der Waals surface area contributed by atoms with Crippen molar-refractivity contribution in [1.82, 2.24) is 19.4 Å². The molecule has 1 aliphatic heterocycles. The molecule has 0 saturated carbocycles. The van der Waals surface area contributed by atoms with Gasteiger partial charge in [0.05, 0.1) is 18.8 Å². The Bertz CT molecular complexity index is 1590. The number of anilines is 4. The number of likely N-dealkylation sites (N-methyl/N-ethyl adjacent to an activating group) is 1. The van der Waals surface area contributed by atoms with E-state index in [1.54, 1.807) is 22.9 Å². The first-order chi connectivity index (χ1) is 19.4. The van der Waals surface area contributed by atoms with E-state index in [2.05, 4.69) is 45.1 Å². The second-order valence-corrected chi connectivity index (χ2v) is 9.65. The van der Waals surface area contributed by atoms with Gasteiger partial charge in [-0.1, -0.05) is 18.7 Å². The number of nitrogens with zero attached hydrogens (tertiary/aromatic N) is 5. The number of pyridine rings is 1. The number of carbonyl (C=O) groups is 1. The summed E-state index contributed by atoms with van der Waals surface area (Å²) in [4.78, 5) is 38.5. The van der Waals surface area contributed by atoms with Gasteiger partial charge >= 0.3 is 0 Å². The van der Waals surface area contributed by atoms with E-state index in [4.69, 9.17) is 9.72 Å². The van der Waals surface area contributed by atoms with Gasteiger partial charge in [-0.15, -0.1) is 0 Å². The maximum Gasteiger partial charge on any atom is 0.252 e. The maximum atomic E-state index is 12.9. The molecule has 2 aromatic heterocycles. The molecule has 40 heavy (non-hydrogen) atoms. The Hall–Kier alpha value is -4.70. The molecule has 1 fully saturated rings. The summed E-state index contributed by atoms with van der Waals surface area (Å²) in [6.07, 6.45) is 2.91. The van der Waals surface area contributed by atoms with Crippen LogP contribution in [-0.4, -0.2) is 65.2 Å². The summed E-state index contributed by atoms with van der Waals surface area (Å²) in [5.74, 6) is 0.768. The van der Waals surface area contributed by atoms with Crippen LogP contribution >= 0.6 is 0 Å². The number of amides is 1. The Labute approximate surface area is 232 Å². The number of hydrogen-bond donors (Lipinski definition) is 2. The SMILES string of the molecule is C=CC(=O)Nc1cccc(Cn2c(=O)ccc3cnc(Nc4ccc(N5CCN(C)CC5)cc4OCC)nc32)c1. The third kappa shape index (κ3) is 6.13. The standard InChI is InChI=1S/C30H33N7O3/c1-4-27(38)32-23-8-6-7-21(17-23)20-37-28(39)12-9-22-19-31-30(34-29(22)37)33-25-11-10-24(18-26(25)40-5-2)36-15-13-35(3)14-16-36/h4,6-12,17-19H,1,5,13-16,20H2,2-3H3,(H,32,38)(H,31,33,34). The predicted octanol–water partition coefficient (Wildman–Crippen LogP) is 3.86. The van der Waals surface area contributed by atoms with Gasteiger partial charge in [0.25, 0.3) is 5.56 Å². The fraction of sp³-hybridized carbons (Fsp3) is 0.267. The van der Waals surface area contributed by atoms with Crippen LogP contribution in [0.4, 0.5) is 23.0 Å². The van der Waals surface area contributed by atoms with Crippen molar-refractivity contribution >= 4 is 40.0 Å². The maximum absolute atomic E-state index is 12.9. The minimum absolute atomic E-state index is 0.191. The lowest BCUT2D eigenvalue weighted by Gasteiger charge is -2.34. The molecule has 0 aliphatic carbocycles. The zero-order chi connectivity index (χ0) is 28.1. The van der Waals surface area contributed by atoms with Gasteiger partial charge in [-0.05, 0) is 55.9 Å². The topological polar surface area (TPSA) is 105 Å². The van der Waals surface area contributed by atoms with E-state index >= 15 is 0 Å². The largest absolute Gasteiger partial charge is 0.492 e. The van der Waals surface area contributed by atoms with Gasteiger partial charge < -0.3 is 25.2 Å². The predicted molar refractivity (Wildman–Crippen MR) is 159 cm³/mol. The fourth-order valence-electron chi connectivity index (χ4n) is 4.68. The highest BCUT2D eigenvalue weighted by atomic mass is 16.5. The molecule has 2 N–H and O–H groups in total. The number of fused-ring (bicyclic) bond motifs is 1. The number of carbonyl (C=O) groups excluding carboxylic acids is 1. The van der Waals surface area contributed by atoms with Gasteiger partial charge in [0, 0.05) is 61.3 Å². The molecule has 4 aromatic rings. The van der Waals surface area contributed by atoms with E-state index < -0.39 is 0 Å². The molecule has 1 aliphatic rings. The van der Waals surface area contributed by atoms with Crippen LogP contribution < -0.4 is 25.8 Å². The van der Waals surface area contributed by atoms with Crippen LogP contribution in [0.3, 0.4) is 0 Å². The molecular weight excluding hydrogens is 506 g/mol. The summed E-state index contributed by atoms with van der Waals surface area (Å²) in [5, 5.41) is 6.77. The first-order valence-electron chi connectivity index (χ1n) is 13.3. The lowest BCUT2D eigenvalue weighted by molar-refractivity contribution is -0.111. The second kappa shape index (κ2) is 12.0. The highest BCUT2D eigenvalue weighted by Gasteiger charge is 2.17. The zero-order valence-electron chi connectivity index (χ0n) is 22.8. The van der Waals surface area contributed by atoms with E-state index in [-0.39, 0.29) is 18.0 Å². The molecule has 10 heteroatoms. The Balaban J connectivity index is 1.43. The van der Waals surface area contributed by atoms with Gasteiger partial charge in [0.15, 0.2) is 0 Å². The average Bonchev–Trinajstić information content (AvgIpc) is 2.96. The van der Waals surface area contributed by atoms with Crippen molar-refractivity contribution in [3.63, 3.8) is 0 Å². The summed E-state index contributed by atoms with van der Waals surface area (Å²) < 4.78 is 7.57. The van der Waals surface area contributed by atoms with Crippen molar-refractivity contribution in [2.45, 2.75) is 13.5 Å². The first-order valence-corrected chi connectivity index (χ1v) is 13.3. The summed E-state index contributed by atoms with van der Waals surface area (Å²) >= 11 is 0. The summed E-state index contributed by atoms with van der Waals surface area (Å²) in [5.41, 5.74) is 3.62. The lowest BCUT2D eigenvalue weighted by atomic mass is 10.2. The smallest absolute Gasteiger partial charge is 0.252 e.